The number of esters is 1. The Morgan fingerprint density at radius 2 is 1.39 bits per heavy atom. The molecule has 0 spiro atoms. The summed E-state index contributed by atoms with van der Waals surface area (Å²) in [7, 11) is 0.644. The Morgan fingerprint density at radius 3 is 1.56 bits per heavy atom. The highest BCUT2D eigenvalue weighted by atomic mass is 19.4. The number of aliphatic hydroxyl groups is 1. The number of hydrogen-bond acceptors (Lipinski definition) is 3. The molecule has 1 atom stereocenters. The van der Waals surface area contributed by atoms with Crippen LogP contribution in [0.4, 0.5) is 26.3 Å². The first-order valence-corrected chi connectivity index (χ1v) is 4.74. The Balaban J connectivity index is 5.92. The fraction of sp³-hybridized carbons (Fsp3) is 0.889. The SMILES string of the molecule is COC(=O)C(C(C)C)C(O)(C(F)(F)F)C(F)(F)F. The number of ether oxygens (including phenoxy) is 1. The van der Waals surface area contributed by atoms with Gasteiger partial charge in [-0.15, -0.1) is 0 Å². The molecule has 0 saturated carbocycles. The van der Waals surface area contributed by atoms with Gasteiger partial charge in [0.15, 0.2) is 0 Å². The van der Waals surface area contributed by atoms with Crippen LogP contribution in [0.3, 0.4) is 0 Å². The number of carbonyl (C=O) groups excluding carboxylic acids is 1. The first-order valence-electron chi connectivity index (χ1n) is 4.74. The van der Waals surface area contributed by atoms with Crippen LogP contribution in [0.25, 0.3) is 0 Å². The number of hydrogen-bond donors (Lipinski definition) is 1. The van der Waals surface area contributed by atoms with Crippen molar-refractivity contribution in [1.29, 1.82) is 0 Å². The zero-order valence-corrected chi connectivity index (χ0v) is 9.69. The Morgan fingerprint density at radius 1 is 1.06 bits per heavy atom. The standard InChI is InChI=1S/C9H12F6O3/c1-4(2)5(6(16)18-3)7(17,8(10,11)12)9(13,14)15/h4-5,17H,1-3H3. The van der Waals surface area contributed by atoms with Crippen LogP contribution in [0.1, 0.15) is 13.8 Å². The van der Waals surface area contributed by atoms with Crippen molar-refractivity contribution in [1.82, 2.24) is 0 Å². The van der Waals surface area contributed by atoms with E-state index in [9.17, 15) is 31.1 Å². The summed E-state index contributed by atoms with van der Waals surface area (Å²) in [6.07, 6.45) is -12.1. The molecular weight excluding hydrogens is 270 g/mol. The molecule has 0 bridgehead atoms. The average molecular weight is 282 g/mol. The third-order valence-electron chi connectivity index (χ3n) is 2.44. The van der Waals surface area contributed by atoms with Gasteiger partial charge in [-0.05, 0) is 5.92 Å². The van der Waals surface area contributed by atoms with Crippen LogP contribution >= 0.6 is 0 Å². The van der Waals surface area contributed by atoms with Crippen LogP contribution in [-0.4, -0.2) is 36.1 Å². The Bertz CT molecular complexity index is 292. The zero-order chi connectivity index (χ0) is 14.9. The van der Waals surface area contributed by atoms with Crippen molar-refractivity contribution in [3.05, 3.63) is 0 Å². The monoisotopic (exact) mass is 282 g/mol. The van der Waals surface area contributed by atoms with Crippen LogP contribution in [0, 0.1) is 11.8 Å². The lowest BCUT2D eigenvalue weighted by Gasteiger charge is -2.38. The molecule has 1 N–H and O–H groups in total. The quantitative estimate of drug-likeness (QED) is 0.638. The van der Waals surface area contributed by atoms with E-state index in [1.807, 2.05) is 0 Å². The van der Waals surface area contributed by atoms with Gasteiger partial charge in [0.2, 0.25) is 0 Å². The van der Waals surface area contributed by atoms with Gasteiger partial charge in [0.1, 0.15) is 5.92 Å². The van der Waals surface area contributed by atoms with Gasteiger partial charge in [-0.25, -0.2) is 0 Å². The smallest absolute Gasteiger partial charge is 0.427 e. The number of rotatable bonds is 3. The van der Waals surface area contributed by atoms with E-state index in [-0.39, 0.29) is 0 Å². The van der Waals surface area contributed by atoms with Gasteiger partial charge in [-0.3, -0.25) is 4.79 Å². The maximum Gasteiger partial charge on any atom is 0.427 e. The minimum absolute atomic E-state index is 0.644. The van der Waals surface area contributed by atoms with E-state index in [1.54, 1.807) is 0 Å². The Hall–Kier alpha value is -0.990. The average Bonchev–Trinajstić information content (AvgIpc) is 2.13. The summed E-state index contributed by atoms with van der Waals surface area (Å²) >= 11 is 0. The first-order chi connectivity index (χ1) is 7.80. The number of alkyl halides is 6. The highest BCUT2D eigenvalue weighted by molar-refractivity contribution is 5.74. The normalized spacial score (nSPS) is 15.7. The molecule has 0 rings (SSSR count). The molecule has 0 aromatic rings. The van der Waals surface area contributed by atoms with Crippen molar-refractivity contribution in [3.8, 4) is 0 Å². The summed E-state index contributed by atoms with van der Waals surface area (Å²) < 4.78 is 79.1. The molecule has 108 valence electrons. The summed E-state index contributed by atoms with van der Waals surface area (Å²) in [6, 6.07) is 0. The lowest BCUT2D eigenvalue weighted by atomic mass is 9.78. The summed E-state index contributed by atoms with van der Waals surface area (Å²) in [6.45, 7) is 1.90. The van der Waals surface area contributed by atoms with E-state index in [0.717, 1.165) is 13.8 Å². The molecule has 0 aromatic carbocycles. The molecule has 9 heteroatoms. The maximum absolute atomic E-state index is 12.5. The van der Waals surface area contributed by atoms with Crippen LogP contribution < -0.4 is 0 Å². The van der Waals surface area contributed by atoms with E-state index in [4.69, 9.17) is 5.11 Å². The molecule has 3 nitrogen and oxygen atoms in total. The molecule has 0 heterocycles. The van der Waals surface area contributed by atoms with Gasteiger partial charge >= 0.3 is 18.3 Å². The van der Waals surface area contributed by atoms with Crippen molar-refractivity contribution in [2.24, 2.45) is 11.8 Å². The Labute approximate surface area is 98.7 Å². The minimum atomic E-state index is -6.05. The fourth-order valence-electron chi connectivity index (χ4n) is 1.57. The van der Waals surface area contributed by atoms with E-state index in [1.165, 1.54) is 0 Å². The van der Waals surface area contributed by atoms with Gasteiger partial charge in [0.25, 0.3) is 5.60 Å². The van der Waals surface area contributed by atoms with Gasteiger partial charge in [-0.2, -0.15) is 26.3 Å². The highest BCUT2D eigenvalue weighted by Gasteiger charge is 2.76. The highest BCUT2D eigenvalue weighted by Crippen LogP contribution is 2.50. The molecule has 0 fully saturated rings. The largest absolute Gasteiger partial charge is 0.469 e. The Kier molecular flexibility index (Phi) is 4.67. The van der Waals surface area contributed by atoms with Crippen molar-refractivity contribution in [3.63, 3.8) is 0 Å². The van der Waals surface area contributed by atoms with E-state index < -0.39 is 35.8 Å². The van der Waals surface area contributed by atoms with Crippen molar-refractivity contribution in [2.75, 3.05) is 7.11 Å². The number of methoxy groups -OCH3 is 1. The van der Waals surface area contributed by atoms with Crippen LogP contribution in [-0.2, 0) is 9.53 Å². The lowest BCUT2D eigenvalue weighted by Crippen LogP contribution is -2.64. The molecule has 0 aliphatic rings. The summed E-state index contributed by atoms with van der Waals surface area (Å²) in [5.74, 6) is -5.99. The van der Waals surface area contributed by atoms with E-state index in [2.05, 4.69) is 4.74 Å². The maximum atomic E-state index is 12.5. The predicted molar refractivity (Wildman–Crippen MR) is 47.4 cm³/mol. The second-order valence-electron chi connectivity index (χ2n) is 4.01. The summed E-state index contributed by atoms with van der Waals surface area (Å²) in [5, 5.41) is 9.07. The second kappa shape index (κ2) is 4.94. The van der Waals surface area contributed by atoms with E-state index in [0.29, 0.717) is 7.11 Å². The van der Waals surface area contributed by atoms with Gasteiger partial charge < -0.3 is 9.84 Å². The topological polar surface area (TPSA) is 46.5 Å². The van der Waals surface area contributed by atoms with Crippen molar-refractivity contribution in [2.45, 2.75) is 31.8 Å². The van der Waals surface area contributed by atoms with Gasteiger partial charge in [0, 0.05) is 0 Å². The predicted octanol–water partition coefficient (Wildman–Crippen LogP) is 2.29. The molecule has 0 aliphatic carbocycles. The first kappa shape index (κ1) is 17.0. The molecule has 0 radical (unpaired) electrons. The van der Waals surface area contributed by atoms with Crippen LogP contribution in [0.15, 0.2) is 0 Å². The molecule has 0 saturated heterocycles. The molecule has 0 aliphatic heterocycles. The minimum Gasteiger partial charge on any atom is -0.469 e. The van der Waals surface area contributed by atoms with Gasteiger partial charge in [0.05, 0.1) is 7.11 Å². The van der Waals surface area contributed by atoms with Crippen molar-refractivity contribution >= 4 is 5.97 Å². The lowest BCUT2D eigenvalue weighted by molar-refractivity contribution is -0.385. The molecule has 0 aromatic heterocycles. The number of halogens is 6. The van der Waals surface area contributed by atoms with Crippen molar-refractivity contribution < 1.29 is 41.0 Å². The number of carbonyl (C=O) groups is 1. The second-order valence-corrected chi connectivity index (χ2v) is 4.01. The molecule has 18 heavy (non-hydrogen) atoms. The summed E-state index contributed by atoms with van der Waals surface area (Å²) in [5.41, 5.74) is -5.14. The van der Waals surface area contributed by atoms with Gasteiger partial charge in [-0.1, -0.05) is 13.8 Å². The molecular formula is C9H12F6O3. The van der Waals surface area contributed by atoms with Crippen LogP contribution in [0.2, 0.25) is 0 Å². The third kappa shape index (κ3) is 2.70. The summed E-state index contributed by atoms with van der Waals surface area (Å²) in [4.78, 5) is 11.1. The molecule has 1 unspecified atom stereocenters. The molecule has 0 amide bonds. The zero-order valence-electron chi connectivity index (χ0n) is 9.69. The fourth-order valence-corrected chi connectivity index (χ4v) is 1.57. The van der Waals surface area contributed by atoms with Crippen LogP contribution in [0.5, 0.6) is 0 Å². The van der Waals surface area contributed by atoms with E-state index >= 15 is 0 Å². The third-order valence-corrected chi connectivity index (χ3v) is 2.44.